The highest BCUT2D eigenvalue weighted by molar-refractivity contribution is 7.25. The molecule has 0 saturated heterocycles. The maximum absolute atomic E-state index is 12.9. The Morgan fingerprint density at radius 3 is 1.73 bits per heavy atom. The zero-order valence-corrected chi connectivity index (χ0v) is 29.3. The number of rotatable bonds is 4. The third-order valence-electron chi connectivity index (χ3n) is 9.05. The van der Waals surface area contributed by atoms with Crippen LogP contribution in [0.1, 0.15) is 98.6 Å². The van der Waals surface area contributed by atoms with Crippen LogP contribution in [0.3, 0.4) is 0 Å². The van der Waals surface area contributed by atoms with Crippen LogP contribution in [0.4, 0.5) is 0 Å². The number of H-pyrrole nitrogens is 1. The predicted octanol–water partition coefficient (Wildman–Crippen LogP) is 8.50. The molecule has 0 aromatic carbocycles. The molecule has 0 bridgehead atoms. The van der Waals surface area contributed by atoms with Gasteiger partial charge in [-0.05, 0) is 25.7 Å². The molecule has 0 amide bonds. The van der Waals surface area contributed by atoms with Crippen LogP contribution < -0.4 is 26.2 Å². The maximum Gasteiger partial charge on any atom is 0.271 e. The number of thiophene rings is 2. The summed E-state index contributed by atoms with van der Waals surface area (Å²) in [5, 5.41) is 8.83. The van der Waals surface area contributed by atoms with Gasteiger partial charge in [0, 0.05) is 31.3 Å². The first-order valence-corrected chi connectivity index (χ1v) is 18.0. The quantitative estimate of drug-likeness (QED) is 0.168. The van der Waals surface area contributed by atoms with E-state index >= 15 is 0 Å². The molecule has 2 N–H and O–H groups in total. The van der Waals surface area contributed by atoms with Crippen LogP contribution in [-0.4, -0.2) is 55.5 Å². The molecule has 8 rings (SSSR count). The molecule has 15 heteroatoms. The lowest BCUT2D eigenvalue weighted by molar-refractivity contribution is 0.345. The summed E-state index contributed by atoms with van der Waals surface area (Å²) in [6, 6.07) is 3.55. The molecule has 0 atom stereocenters. The van der Waals surface area contributed by atoms with E-state index in [0.29, 0.717) is 52.1 Å². The molecule has 2 saturated carbocycles. The first-order chi connectivity index (χ1) is 23.4. The number of nitrogens with zero attached hydrogens (tertiary/aromatic N) is 5. The second kappa shape index (κ2) is 18.1. The molecule has 278 valence electrons. The highest BCUT2D eigenvalue weighted by Gasteiger charge is 2.23. The SMILES string of the molecule is C.C.C.CO.COc1cc(=O)[nH]c2sc3c(=O)n(C4CCCCC4)cnc3c12.COc1cc(Cl)nc2sc3c(=O)n(C4CCCCC4)cnc3c12. The lowest BCUT2D eigenvalue weighted by atomic mass is 9.95. The standard InChI is InChI=1S/C16H16ClN3O2S.C16H17N3O3S.CH4O.3CH4/c1-22-10-7-11(17)19-15-12(10)13-14(23-15)16(21)20(8-18-13)9-5-3-2-4-6-9;1-22-10-7-11(20)18-15-12(10)13-14(23-15)16(21)19(8-17-13)9-5-3-2-4-6-9;1-2;;;/h7-9H,2-6H2,1H3;7-9H,2-6H2,1H3,(H,18,20);2H,1H3;3*1H4. The van der Waals surface area contributed by atoms with Crippen LogP contribution in [0.5, 0.6) is 11.5 Å². The van der Waals surface area contributed by atoms with E-state index < -0.39 is 0 Å². The normalized spacial score (nSPS) is 14.8. The van der Waals surface area contributed by atoms with Crippen LogP contribution >= 0.6 is 34.3 Å². The number of aliphatic hydroxyl groups excluding tert-OH is 1. The number of pyridine rings is 2. The molecular weight excluding hydrogens is 712 g/mol. The molecule has 0 spiro atoms. The zero-order valence-electron chi connectivity index (χ0n) is 27.0. The van der Waals surface area contributed by atoms with Crippen LogP contribution in [0.15, 0.2) is 39.2 Å². The van der Waals surface area contributed by atoms with Crippen molar-refractivity contribution in [2.75, 3.05) is 21.3 Å². The minimum atomic E-state index is -0.242. The topological polar surface area (TPSA) is 154 Å². The Balaban J connectivity index is 0.000000249. The number of methoxy groups -OCH3 is 2. The van der Waals surface area contributed by atoms with Crippen molar-refractivity contribution in [1.82, 2.24) is 29.1 Å². The summed E-state index contributed by atoms with van der Waals surface area (Å²) in [5.41, 5.74) is 1.01. The Morgan fingerprint density at radius 1 is 0.745 bits per heavy atom. The minimum Gasteiger partial charge on any atom is -0.496 e. The van der Waals surface area contributed by atoms with Crippen molar-refractivity contribution >= 4 is 75.1 Å². The van der Waals surface area contributed by atoms with Gasteiger partial charge < -0.3 is 19.6 Å². The van der Waals surface area contributed by atoms with Crippen molar-refractivity contribution in [1.29, 1.82) is 0 Å². The Morgan fingerprint density at radius 2 is 1.22 bits per heavy atom. The van der Waals surface area contributed by atoms with E-state index in [9.17, 15) is 14.4 Å². The molecule has 12 nitrogen and oxygen atoms in total. The summed E-state index contributed by atoms with van der Waals surface area (Å²) >= 11 is 8.65. The van der Waals surface area contributed by atoms with Crippen LogP contribution in [0, 0.1) is 0 Å². The van der Waals surface area contributed by atoms with Crippen molar-refractivity contribution in [2.45, 2.75) is 98.6 Å². The van der Waals surface area contributed by atoms with E-state index in [1.54, 1.807) is 35.0 Å². The first-order valence-electron chi connectivity index (χ1n) is 16.0. The molecule has 2 aliphatic rings. The van der Waals surface area contributed by atoms with Gasteiger partial charge >= 0.3 is 0 Å². The highest BCUT2D eigenvalue weighted by atomic mass is 35.5. The lowest BCUT2D eigenvalue weighted by Crippen LogP contribution is -2.26. The van der Waals surface area contributed by atoms with Gasteiger partial charge in [0.1, 0.15) is 46.7 Å². The summed E-state index contributed by atoms with van der Waals surface area (Å²) in [7, 11) is 4.10. The number of hydrogen-bond donors (Lipinski definition) is 2. The molecule has 0 radical (unpaired) electrons. The first kappa shape index (κ1) is 41.6. The van der Waals surface area contributed by atoms with E-state index in [1.165, 1.54) is 61.5 Å². The number of nitrogens with one attached hydrogen (secondary N) is 1. The van der Waals surface area contributed by atoms with Crippen LogP contribution in [-0.2, 0) is 0 Å². The van der Waals surface area contributed by atoms with Crippen LogP contribution in [0.25, 0.3) is 40.9 Å². The number of aliphatic hydroxyl groups is 1. The average Bonchev–Trinajstić information content (AvgIpc) is 3.69. The Kier molecular flexibility index (Phi) is 14.7. The summed E-state index contributed by atoms with van der Waals surface area (Å²) in [6.07, 6.45) is 14.6. The Hall–Kier alpha value is -3.85. The number of aromatic amines is 1. The van der Waals surface area contributed by atoms with Crippen LogP contribution in [0.2, 0.25) is 5.15 Å². The predicted molar refractivity (Wildman–Crippen MR) is 212 cm³/mol. The van der Waals surface area contributed by atoms with Crippen molar-refractivity contribution in [2.24, 2.45) is 0 Å². The van der Waals surface area contributed by atoms with Gasteiger partial charge in [0.15, 0.2) is 0 Å². The molecule has 2 fully saturated rings. The second-order valence-corrected chi connectivity index (χ2v) is 14.2. The van der Waals surface area contributed by atoms with Gasteiger partial charge in [-0.15, -0.1) is 22.7 Å². The molecule has 51 heavy (non-hydrogen) atoms. The molecule has 6 aromatic heterocycles. The molecule has 0 aliphatic heterocycles. The van der Waals surface area contributed by atoms with E-state index in [-0.39, 0.29) is 51.0 Å². The van der Waals surface area contributed by atoms with Crippen molar-refractivity contribution in [3.05, 3.63) is 61.0 Å². The monoisotopic (exact) mass is 760 g/mol. The van der Waals surface area contributed by atoms with Gasteiger partial charge in [-0.2, -0.15) is 0 Å². The summed E-state index contributed by atoms with van der Waals surface area (Å²) < 4.78 is 15.5. The highest BCUT2D eigenvalue weighted by Crippen LogP contribution is 2.38. The lowest BCUT2D eigenvalue weighted by Gasteiger charge is -2.23. The molecular formula is C36H49ClN6O6S2. The second-order valence-electron chi connectivity index (χ2n) is 11.8. The Bertz CT molecular complexity index is 2260. The van der Waals surface area contributed by atoms with E-state index in [1.807, 2.05) is 0 Å². The molecule has 2 aliphatic carbocycles. The van der Waals surface area contributed by atoms with Gasteiger partial charge in [0.05, 0.1) is 37.6 Å². The Labute approximate surface area is 310 Å². The third kappa shape index (κ3) is 7.98. The fourth-order valence-corrected chi connectivity index (χ4v) is 9.19. The van der Waals surface area contributed by atoms with Gasteiger partial charge in [-0.25, -0.2) is 15.0 Å². The fraction of sp³-hybridized carbons (Fsp3) is 0.500. The third-order valence-corrected chi connectivity index (χ3v) is 11.4. The largest absolute Gasteiger partial charge is 0.496 e. The zero-order chi connectivity index (χ0) is 33.9. The molecule has 6 aromatic rings. The van der Waals surface area contributed by atoms with Gasteiger partial charge in [-0.1, -0.05) is 72.4 Å². The van der Waals surface area contributed by atoms with E-state index in [4.69, 9.17) is 26.2 Å². The smallest absolute Gasteiger partial charge is 0.271 e. The molecule has 0 unspecified atom stereocenters. The van der Waals surface area contributed by atoms with Crippen molar-refractivity contribution < 1.29 is 14.6 Å². The van der Waals surface area contributed by atoms with Gasteiger partial charge in [-0.3, -0.25) is 23.5 Å². The molecule has 6 heterocycles. The maximum atomic E-state index is 12.9. The summed E-state index contributed by atoms with van der Waals surface area (Å²) in [6.45, 7) is 0. The van der Waals surface area contributed by atoms with E-state index in [0.717, 1.165) is 51.0 Å². The summed E-state index contributed by atoms with van der Waals surface area (Å²) in [4.78, 5) is 55.0. The number of fused-ring (bicyclic) bond motifs is 6. The number of aromatic nitrogens is 6. The van der Waals surface area contributed by atoms with Gasteiger partial charge in [0.25, 0.3) is 16.7 Å². The summed E-state index contributed by atoms with van der Waals surface area (Å²) in [5.74, 6) is 1.06. The number of ether oxygens (including phenoxy) is 2. The fourth-order valence-electron chi connectivity index (χ4n) is 6.78. The van der Waals surface area contributed by atoms with Crippen molar-refractivity contribution in [3.63, 3.8) is 0 Å². The van der Waals surface area contributed by atoms with E-state index in [2.05, 4.69) is 19.9 Å². The number of halogens is 1. The minimum absolute atomic E-state index is 0. The van der Waals surface area contributed by atoms with Gasteiger partial charge in [0.2, 0.25) is 0 Å². The van der Waals surface area contributed by atoms with Crippen molar-refractivity contribution in [3.8, 4) is 11.5 Å². The average molecular weight is 761 g/mol. The number of hydrogen-bond acceptors (Lipinski definition) is 11.